The summed E-state index contributed by atoms with van der Waals surface area (Å²) >= 11 is 0. The molecular weight excluding hydrogens is 617 g/mol. The van der Waals surface area contributed by atoms with Crippen LogP contribution in [0, 0.1) is 0 Å². The van der Waals surface area contributed by atoms with Gasteiger partial charge in [-0.1, -0.05) is 245 Å². The Balaban J connectivity index is 2.27. The lowest BCUT2D eigenvalue weighted by molar-refractivity contribution is -0.704. The van der Waals surface area contributed by atoms with Crippen LogP contribution in [0.25, 0.3) is 0 Å². The second-order valence-corrected chi connectivity index (χ2v) is 16.9. The molecule has 0 saturated carbocycles. The molecule has 0 unspecified atom stereocenters. The molecule has 0 bridgehead atoms. The Morgan fingerprint density at radius 1 is 0.333 bits per heavy atom. The third-order valence-corrected chi connectivity index (χ3v) is 11.8. The van der Waals surface area contributed by atoms with Gasteiger partial charge in [0.2, 0.25) is 0 Å². The summed E-state index contributed by atoms with van der Waals surface area (Å²) in [5.41, 5.74) is 0. The predicted molar refractivity (Wildman–Crippen MR) is 230 cm³/mol. The quantitative estimate of drug-likeness (QED) is 0.0471. The van der Waals surface area contributed by atoms with E-state index in [4.69, 9.17) is 0 Å². The molecule has 0 aromatic carbocycles. The first-order valence-electron chi connectivity index (χ1n) is 24.4. The highest BCUT2D eigenvalue weighted by Gasteiger charge is 2.16. The van der Waals surface area contributed by atoms with Crippen LogP contribution < -0.4 is 4.57 Å². The fourth-order valence-electron chi connectivity index (χ4n) is 8.27. The highest BCUT2D eigenvalue weighted by Crippen LogP contribution is 2.17. The first kappa shape index (κ1) is 48.2. The van der Waals surface area contributed by atoms with E-state index in [9.17, 15) is 0 Å². The second kappa shape index (κ2) is 40.4. The van der Waals surface area contributed by atoms with Crippen LogP contribution in [-0.4, -0.2) is 4.57 Å². The van der Waals surface area contributed by atoms with E-state index in [0.717, 1.165) is 0 Å². The molecule has 0 amide bonds. The molecule has 2 nitrogen and oxygen atoms in total. The van der Waals surface area contributed by atoms with Gasteiger partial charge >= 0.3 is 0 Å². The van der Waals surface area contributed by atoms with Gasteiger partial charge in [0.15, 0.2) is 0 Å². The smallest absolute Gasteiger partial charge is 0.234 e. The summed E-state index contributed by atoms with van der Waals surface area (Å²) in [6.45, 7) is 9.42. The van der Waals surface area contributed by atoms with Crippen molar-refractivity contribution in [1.29, 1.82) is 0 Å². The molecule has 51 heavy (non-hydrogen) atoms. The Labute approximate surface area is 323 Å². The van der Waals surface area contributed by atoms with Crippen molar-refractivity contribution in [2.75, 3.05) is 0 Å². The van der Waals surface area contributed by atoms with E-state index in [0.29, 0.717) is 0 Å². The van der Waals surface area contributed by atoms with Gasteiger partial charge in [-0.2, -0.15) is 0 Å². The average Bonchev–Trinajstić information content (AvgIpc) is 3.53. The summed E-state index contributed by atoms with van der Waals surface area (Å²) in [4.78, 5) is 0. The zero-order valence-electron chi connectivity index (χ0n) is 36.0. The fourth-order valence-corrected chi connectivity index (χ4v) is 8.27. The Morgan fingerprint density at radius 2 is 0.608 bits per heavy atom. The van der Waals surface area contributed by atoms with E-state index in [1.54, 1.807) is 5.82 Å². The molecule has 0 saturated heterocycles. The first-order chi connectivity index (χ1) is 25.3. The molecule has 1 aromatic heterocycles. The molecular formula is C49H97N2+. The lowest BCUT2D eigenvalue weighted by Gasteiger charge is -2.07. The minimum atomic E-state index is 1.23. The number of aryl methyl sites for hydroxylation is 2. The van der Waals surface area contributed by atoms with Crippen molar-refractivity contribution in [2.45, 2.75) is 297 Å². The first-order valence-corrected chi connectivity index (χ1v) is 24.4. The highest BCUT2D eigenvalue weighted by atomic mass is 15.1. The van der Waals surface area contributed by atoms with Gasteiger partial charge in [-0.05, 0) is 32.1 Å². The summed E-state index contributed by atoms with van der Waals surface area (Å²) in [5, 5.41) is 0. The molecule has 0 N–H and O–H groups in total. The molecule has 0 aliphatic rings. The maximum Gasteiger partial charge on any atom is 0.256 e. The second-order valence-electron chi connectivity index (χ2n) is 16.9. The lowest BCUT2D eigenvalue weighted by Crippen LogP contribution is -2.37. The number of imidazole rings is 1. The molecule has 1 rings (SSSR count). The number of aromatic nitrogens is 2. The monoisotopic (exact) mass is 714 g/mol. The molecule has 0 fully saturated rings. The number of hydrogen-bond acceptors (Lipinski definition) is 0. The van der Waals surface area contributed by atoms with Crippen molar-refractivity contribution in [2.24, 2.45) is 0 Å². The van der Waals surface area contributed by atoms with Crippen LogP contribution in [0.2, 0.25) is 0 Å². The van der Waals surface area contributed by atoms with Crippen molar-refractivity contribution in [3.63, 3.8) is 0 Å². The highest BCUT2D eigenvalue weighted by molar-refractivity contribution is 4.84. The minimum Gasteiger partial charge on any atom is -0.234 e. The Morgan fingerprint density at radius 3 is 0.941 bits per heavy atom. The predicted octanol–water partition coefficient (Wildman–Crippen LogP) is 17.0. The van der Waals surface area contributed by atoms with Crippen molar-refractivity contribution in [1.82, 2.24) is 4.57 Å². The number of hydrogen-bond donors (Lipinski definition) is 0. The van der Waals surface area contributed by atoms with Gasteiger partial charge in [-0.25, -0.2) is 9.13 Å². The van der Waals surface area contributed by atoms with E-state index in [1.807, 2.05) is 0 Å². The molecule has 0 spiro atoms. The average molecular weight is 714 g/mol. The summed E-state index contributed by atoms with van der Waals surface area (Å²) < 4.78 is 5.31. The van der Waals surface area contributed by atoms with Gasteiger partial charge in [0.05, 0.1) is 13.1 Å². The maximum atomic E-state index is 2.66. The lowest BCUT2D eigenvalue weighted by atomic mass is 10.0. The van der Waals surface area contributed by atoms with Crippen LogP contribution in [0.3, 0.4) is 0 Å². The van der Waals surface area contributed by atoms with E-state index in [1.165, 1.54) is 276 Å². The number of rotatable bonds is 43. The van der Waals surface area contributed by atoms with Crippen LogP contribution in [0.15, 0.2) is 12.4 Å². The van der Waals surface area contributed by atoms with Crippen LogP contribution in [0.4, 0.5) is 0 Å². The van der Waals surface area contributed by atoms with E-state index in [-0.39, 0.29) is 0 Å². The van der Waals surface area contributed by atoms with E-state index in [2.05, 4.69) is 42.3 Å². The van der Waals surface area contributed by atoms with Crippen LogP contribution in [-0.2, 0) is 19.5 Å². The zero-order valence-corrected chi connectivity index (χ0v) is 36.0. The molecule has 0 atom stereocenters. The Hall–Kier alpha value is -0.790. The van der Waals surface area contributed by atoms with Crippen LogP contribution in [0.1, 0.15) is 283 Å². The van der Waals surface area contributed by atoms with E-state index >= 15 is 0 Å². The van der Waals surface area contributed by atoms with Crippen molar-refractivity contribution in [3.05, 3.63) is 18.2 Å². The summed E-state index contributed by atoms with van der Waals surface area (Å²) in [6.07, 6.45) is 63.8. The van der Waals surface area contributed by atoms with Crippen LogP contribution >= 0.6 is 0 Å². The third kappa shape index (κ3) is 32.4. The minimum absolute atomic E-state index is 1.23. The zero-order chi connectivity index (χ0) is 36.6. The van der Waals surface area contributed by atoms with Crippen molar-refractivity contribution in [3.8, 4) is 0 Å². The van der Waals surface area contributed by atoms with Gasteiger partial charge < -0.3 is 0 Å². The molecule has 0 aliphatic carbocycles. The van der Waals surface area contributed by atoms with Crippen molar-refractivity contribution >= 4 is 0 Å². The topological polar surface area (TPSA) is 8.81 Å². The van der Waals surface area contributed by atoms with Gasteiger partial charge in [-0.3, -0.25) is 0 Å². The molecule has 302 valence electrons. The summed E-state index contributed by atoms with van der Waals surface area (Å²) in [6, 6.07) is 0. The third-order valence-electron chi connectivity index (χ3n) is 11.8. The fraction of sp³-hybridized carbons (Fsp3) is 0.939. The largest absolute Gasteiger partial charge is 0.256 e. The van der Waals surface area contributed by atoms with Gasteiger partial charge in [0, 0.05) is 6.42 Å². The van der Waals surface area contributed by atoms with Gasteiger partial charge in [-0.15, -0.1) is 0 Å². The van der Waals surface area contributed by atoms with E-state index < -0.39 is 0 Å². The Bertz CT molecular complexity index is 781. The number of unbranched alkanes of at least 4 members (excludes halogenated alkanes) is 37. The standard InChI is InChI=1S/C49H97N2/c1-4-7-10-13-16-19-22-25-26-27-29-32-35-38-41-44-49-50(45-42-39-36-33-30-24-21-18-15-12-9-6-3)47-48-51(49)46-43-40-37-34-31-28-23-20-17-14-11-8-5-2/h47-48H,4-46H2,1-3H3/q+1. The maximum absolute atomic E-state index is 2.66. The molecule has 1 heterocycles. The Kier molecular flexibility index (Phi) is 38.2. The van der Waals surface area contributed by atoms with Gasteiger partial charge in [0.25, 0.3) is 5.82 Å². The molecule has 2 heteroatoms. The SMILES string of the molecule is CCCCCCCCCCCCCCCCCc1n(CCCCCCCCCCCCCC)cc[n+]1CCCCCCCCCCCCCCC. The summed E-state index contributed by atoms with van der Waals surface area (Å²) in [5.74, 6) is 1.63. The number of nitrogens with zero attached hydrogens (tertiary/aromatic N) is 2. The molecule has 0 aliphatic heterocycles. The van der Waals surface area contributed by atoms with Crippen LogP contribution in [0.5, 0.6) is 0 Å². The molecule has 1 aromatic rings. The molecule has 0 radical (unpaired) electrons. The van der Waals surface area contributed by atoms with Gasteiger partial charge in [0.1, 0.15) is 12.4 Å². The van der Waals surface area contributed by atoms with Crippen molar-refractivity contribution < 1.29 is 4.57 Å². The summed E-state index contributed by atoms with van der Waals surface area (Å²) in [7, 11) is 0. The normalized spacial score (nSPS) is 11.7.